The summed E-state index contributed by atoms with van der Waals surface area (Å²) >= 11 is 0. The predicted molar refractivity (Wildman–Crippen MR) is 245 cm³/mol. The fourth-order valence-electron chi connectivity index (χ4n) is 9.55. The van der Waals surface area contributed by atoms with Crippen LogP contribution in [0.25, 0.3) is 94.3 Å². The molecule has 3 aromatic heterocycles. The van der Waals surface area contributed by atoms with Crippen LogP contribution in [0.5, 0.6) is 0 Å². The van der Waals surface area contributed by atoms with Crippen LogP contribution < -0.4 is 0 Å². The summed E-state index contributed by atoms with van der Waals surface area (Å²) in [6.07, 6.45) is 3.77. The highest BCUT2D eigenvalue weighted by Crippen LogP contribution is 2.52. The minimum Gasteiger partial charge on any atom is -0.309 e. The number of fused-ring (bicyclic) bond motifs is 9. The topological polar surface area (TPSA) is 56.5 Å². The SMILES string of the molecule is c1ccc(-c2nc(-c3ccccc3)nc(-c3cc(-n4c5ccccc5c5cc6c(cc54)C(CCc4ccccn4)c4ccc5ccccc5c4-6)cc4ccccc34)n2)cc1. The molecule has 8 aromatic carbocycles. The highest BCUT2D eigenvalue weighted by molar-refractivity contribution is 6.13. The Balaban J connectivity index is 1.10. The maximum Gasteiger partial charge on any atom is 0.164 e. The zero-order valence-electron chi connectivity index (χ0n) is 32.7. The van der Waals surface area contributed by atoms with Gasteiger partial charge in [0.05, 0.1) is 11.0 Å². The number of aryl methyl sites for hydroxylation is 1. The largest absolute Gasteiger partial charge is 0.309 e. The van der Waals surface area contributed by atoms with Gasteiger partial charge < -0.3 is 4.57 Å². The molecule has 3 heterocycles. The molecule has 1 aliphatic rings. The summed E-state index contributed by atoms with van der Waals surface area (Å²) < 4.78 is 2.45. The average Bonchev–Trinajstić information content (AvgIpc) is 3.82. The molecule has 0 spiro atoms. The normalized spacial score (nSPS) is 13.3. The van der Waals surface area contributed by atoms with Crippen LogP contribution in [-0.4, -0.2) is 24.5 Å². The van der Waals surface area contributed by atoms with Crippen LogP contribution in [-0.2, 0) is 6.42 Å². The van der Waals surface area contributed by atoms with E-state index < -0.39 is 0 Å². The number of rotatable bonds is 7. The Hall–Kier alpha value is -7.76. The lowest BCUT2D eigenvalue weighted by atomic mass is 9.90. The lowest BCUT2D eigenvalue weighted by Gasteiger charge is -2.16. The molecule has 1 atom stereocenters. The van der Waals surface area contributed by atoms with Crippen LogP contribution in [0, 0.1) is 0 Å². The average molecular weight is 768 g/mol. The predicted octanol–water partition coefficient (Wildman–Crippen LogP) is 13.4. The number of aromatic nitrogens is 5. The lowest BCUT2D eigenvalue weighted by molar-refractivity contribution is 0.718. The number of hydrogen-bond acceptors (Lipinski definition) is 4. The maximum atomic E-state index is 5.21. The monoisotopic (exact) mass is 767 g/mol. The molecule has 11 aromatic rings. The summed E-state index contributed by atoms with van der Waals surface area (Å²) in [6.45, 7) is 0. The van der Waals surface area contributed by atoms with E-state index in [1.54, 1.807) is 0 Å². The third kappa shape index (κ3) is 5.62. The standard InChI is InChI=1S/C55H37N5/c1-3-16-36(17-4-1)53-57-54(37-18-5-2-6-19-37)59-55(58-53)49-32-40(31-38-20-8-9-22-41(38)49)60-50-25-12-11-24-44(50)47-33-48-46(34-51(47)60)43(29-27-39-21-13-14-30-56-39)45-28-26-35-15-7-10-23-42(35)52(45)48/h1-26,28,30-34,43H,27,29H2. The summed E-state index contributed by atoms with van der Waals surface area (Å²) in [5.41, 5.74) is 12.8. The van der Waals surface area contributed by atoms with Crippen molar-refractivity contribution < 1.29 is 0 Å². The van der Waals surface area contributed by atoms with Gasteiger partial charge in [0.2, 0.25) is 0 Å². The van der Waals surface area contributed by atoms with Crippen molar-refractivity contribution in [2.75, 3.05) is 0 Å². The van der Waals surface area contributed by atoms with E-state index in [1.165, 1.54) is 49.3 Å². The summed E-state index contributed by atoms with van der Waals surface area (Å²) in [5.74, 6) is 2.15. The zero-order valence-corrected chi connectivity index (χ0v) is 32.7. The second kappa shape index (κ2) is 14.0. The Bertz CT molecular complexity index is 3370. The number of hydrogen-bond donors (Lipinski definition) is 0. The van der Waals surface area contributed by atoms with Gasteiger partial charge >= 0.3 is 0 Å². The first-order valence-electron chi connectivity index (χ1n) is 20.6. The van der Waals surface area contributed by atoms with E-state index in [0.29, 0.717) is 17.5 Å². The molecule has 12 rings (SSSR count). The fourth-order valence-corrected chi connectivity index (χ4v) is 9.55. The van der Waals surface area contributed by atoms with E-state index in [-0.39, 0.29) is 5.92 Å². The molecule has 1 unspecified atom stereocenters. The fraction of sp³-hybridized carbons (Fsp3) is 0.0545. The number of para-hydroxylation sites is 1. The van der Waals surface area contributed by atoms with Crippen LogP contribution in [0.4, 0.5) is 0 Å². The number of nitrogens with zero attached hydrogens (tertiary/aromatic N) is 5. The third-order valence-electron chi connectivity index (χ3n) is 12.3. The molecule has 0 amide bonds. The van der Waals surface area contributed by atoms with Crippen LogP contribution >= 0.6 is 0 Å². The van der Waals surface area contributed by atoms with Crippen molar-refractivity contribution in [1.29, 1.82) is 0 Å². The van der Waals surface area contributed by atoms with Gasteiger partial charge in [-0.2, -0.15) is 0 Å². The molecular formula is C55H37N5. The summed E-state index contributed by atoms with van der Waals surface area (Å²) in [5, 5.41) is 7.24. The molecule has 0 aliphatic heterocycles. The van der Waals surface area contributed by atoms with Crippen LogP contribution in [0.2, 0.25) is 0 Å². The molecule has 5 nitrogen and oxygen atoms in total. The molecule has 1 aliphatic carbocycles. The molecule has 60 heavy (non-hydrogen) atoms. The van der Waals surface area contributed by atoms with Crippen molar-refractivity contribution in [1.82, 2.24) is 24.5 Å². The molecule has 0 bridgehead atoms. The number of benzene rings is 8. The molecule has 0 saturated carbocycles. The van der Waals surface area contributed by atoms with Gasteiger partial charge in [0, 0.05) is 51.0 Å². The minimum absolute atomic E-state index is 0.225. The van der Waals surface area contributed by atoms with Gasteiger partial charge in [-0.3, -0.25) is 4.98 Å². The molecule has 0 saturated heterocycles. The molecule has 0 radical (unpaired) electrons. The van der Waals surface area contributed by atoms with E-state index in [2.05, 4.69) is 150 Å². The highest BCUT2D eigenvalue weighted by Gasteiger charge is 2.32. The highest BCUT2D eigenvalue weighted by atomic mass is 15.0. The summed E-state index contributed by atoms with van der Waals surface area (Å²) in [7, 11) is 0. The van der Waals surface area contributed by atoms with Gasteiger partial charge in [-0.1, -0.05) is 146 Å². The third-order valence-corrected chi connectivity index (χ3v) is 12.3. The number of pyridine rings is 1. The Labute approximate surface area is 347 Å². The van der Waals surface area contributed by atoms with E-state index in [0.717, 1.165) is 57.2 Å². The maximum absolute atomic E-state index is 5.21. The van der Waals surface area contributed by atoms with Gasteiger partial charge in [-0.25, -0.2) is 15.0 Å². The second-order valence-corrected chi connectivity index (χ2v) is 15.7. The smallest absolute Gasteiger partial charge is 0.164 e. The van der Waals surface area contributed by atoms with Crippen molar-refractivity contribution in [3.05, 3.63) is 211 Å². The van der Waals surface area contributed by atoms with E-state index in [4.69, 9.17) is 19.9 Å². The van der Waals surface area contributed by atoms with E-state index in [1.807, 2.05) is 48.7 Å². The minimum atomic E-state index is 0.225. The Morgan fingerprint density at radius 1 is 0.433 bits per heavy atom. The Morgan fingerprint density at radius 3 is 1.83 bits per heavy atom. The molecule has 0 N–H and O–H groups in total. The quantitative estimate of drug-likeness (QED) is 0.162. The van der Waals surface area contributed by atoms with Crippen LogP contribution in [0.3, 0.4) is 0 Å². The summed E-state index contributed by atoms with van der Waals surface area (Å²) in [6, 6.07) is 67.1. The van der Waals surface area contributed by atoms with Gasteiger partial charge in [0.15, 0.2) is 17.5 Å². The van der Waals surface area contributed by atoms with Crippen LogP contribution in [0.15, 0.2) is 194 Å². The summed E-state index contributed by atoms with van der Waals surface area (Å²) in [4.78, 5) is 20.2. The van der Waals surface area contributed by atoms with Gasteiger partial charge in [-0.05, 0) is 99.1 Å². The van der Waals surface area contributed by atoms with Gasteiger partial charge in [0.1, 0.15) is 0 Å². The van der Waals surface area contributed by atoms with Crippen molar-refractivity contribution in [3.8, 4) is 51.0 Å². The first-order valence-corrected chi connectivity index (χ1v) is 20.6. The zero-order chi connectivity index (χ0) is 39.6. The van der Waals surface area contributed by atoms with Gasteiger partial charge in [0.25, 0.3) is 0 Å². The molecule has 5 heteroatoms. The Kier molecular flexibility index (Phi) is 7.98. The van der Waals surface area contributed by atoms with Gasteiger partial charge in [-0.15, -0.1) is 0 Å². The first kappa shape index (κ1) is 34.3. The van der Waals surface area contributed by atoms with E-state index in [9.17, 15) is 0 Å². The first-order chi connectivity index (χ1) is 29.7. The van der Waals surface area contributed by atoms with E-state index >= 15 is 0 Å². The lowest BCUT2D eigenvalue weighted by Crippen LogP contribution is -2.02. The molecular weight excluding hydrogens is 731 g/mol. The van der Waals surface area contributed by atoms with Crippen LogP contribution in [0.1, 0.15) is 29.2 Å². The van der Waals surface area contributed by atoms with Crippen molar-refractivity contribution in [3.63, 3.8) is 0 Å². The molecule has 282 valence electrons. The van der Waals surface area contributed by atoms with Crippen molar-refractivity contribution >= 4 is 43.4 Å². The second-order valence-electron chi connectivity index (χ2n) is 15.7. The molecule has 0 fully saturated rings. The van der Waals surface area contributed by atoms with Crippen molar-refractivity contribution in [2.24, 2.45) is 0 Å². The Morgan fingerprint density at radius 2 is 1.08 bits per heavy atom. The van der Waals surface area contributed by atoms with Crippen molar-refractivity contribution in [2.45, 2.75) is 18.8 Å².